The second-order valence-electron chi connectivity index (χ2n) is 7.50. The van der Waals surface area contributed by atoms with Gasteiger partial charge in [-0.3, -0.25) is 4.79 Å². The van der Waals surface area contributed by atoms with Crippen molar-refractivity contribution in [3.8, 4) is 0 Å². The molecule has 23 heavy (non-hydrogen) atoms. The summed E-state index contributed by atoms with van der Waals surface area (Å²) in [5, 5.41) is 4.63. The number of amides is 1. The smallest absolute Gasteiger partial charge is 0.223 e. The number of nitrogens with one attached hydrogen (secondary N) is 1. The van der Waals surface area contributed by atoms with Crippen LogP contribution in [0.15, 0.2) is 30.5 Å². The quantitative estimate of drug-likeness (QED) is 0.913. The Bertz CT molecular complexity index is 720. The molecule has 0 radical (unpaired) electrons. The maximum atomic E-state index is 12.5. The zero-order valence-electron chi connectivity index (χ0n) is 14.0. The third kappa shape index (κ3) is 2.66. The van der Waals surface area contributed by atoms with E-state index in [-0.39, 0.29) is 17.2 Å². The Kier molecular flexibility index (Phi) is 3.67. The van der Waals surface area contributed by atoms with Gasteiger partial charge in [0.2, 0.25) is 5.91 Å². The Morgan fingerprint density at radius 1 is 1.22 bits per heavy atom. The van der Waals surface area contributed by atoms with Gasteiger partial charge in [-0.1, -0.05) is 37.5 Å². The molecule has 0 saturated heterocycles. The van der Waals surface area contributed by atoms with Crippen molar-refractivity contribution in [2.24, 2.45) is 13.0 Å². The molecule has 2 aliphatic carbocycles. The highest BCUT2D eigenvalue weighted by molar-refractivity contribution is 5.86. The highest BCUT2D eigenvalue weighted by atomic mass is 16.1. The Balaban J connectivity index is 1.51. The summed E-state index contributed by atoms with van der Waals surface area (Å²) in [6.45, 7) is 0.802. The molecule has 1 amide bonds. The monoisotopic (exact) mass is 310 g/mol. The molecule has 2 saturated carbocycles. The van der Waals surface area contributed by atoms with Crippen molar-refractivity contribution in [2.45, 2.75) is 50.4 Å². The second-order valence-corrected chi connectivity index (χ2v) is 7.50. The number of aryl methyl sites for hydroxylation is 1. The number of para-hydroxylation sites is 1. The minimum absolute atomic E-state index is 0.172. The molecule has 0 spiro atoms. The molecule has 2 aromatic rings. The van der Waals surface area contributed by atoms with Gasteiger partial charge in [0.15, 0.2) is 0 Å². The van der Waals surface area contributed by atoms with E-state index in [4.69, 9.17) is 0 Å². The molecular weight excluding hydrogens is 284 g/mol. The SMILES string of the molecule is Cn1cc(C2(CNC(=O)C3CCCCC3)CC2)c2ccccc21. The number of fused-ring (bicyclic) bond motifs is 1. The molecule has 1 aromatic carbocycles. The van der Waals surface area contributed by atoms with Gasteiger partial charge in [-0.25, -0.2) is 0 Å². The number of carbonyl (C=O) groups excluding carboxylic acids is 1. The number of benzene rings is 1. The van der Waals surface area contributed by atoms with E-state index in [1.54, 1.807) is 0 Å². The van der Waals surface area contributed by atoms with E-state index in [0.717, 1.165) is 19.4 Å². The van der Waals surface area contributed by atoms with Crippen LogP contribution in [-0.2, 0) is 17.3 Å². The van der Waals surface area contributed by atoms with Crippen LogP contribution in [0.5, 0.6) is 0 Å². The van der Waals surface area contributed by atoms with Crippen molar-refractivity contribution in [1.82, 2.24) is 9.88 Å². The van der Waals surface area contributed by atoms with Gasteiger partial charge < -0.3 is 9.88 Å². The second kappa shape index (κ2) is 5.70. The zero-order chi connectivity index (χ0) is 15.9. The minimum Gasteiger partial charge on any atom is -0.355 e. The lowest BCUT2D eigenvalue weighted by Crippen LogP contribution is -2.37. The first-order valence-corrected chi connectivity index (χ1v) is 9.02. The fourth-order valence-electron chi connectivity index (χ4n) is 4.22. The van der Waals surface area contributed by atoms with E-state index in [2.05, 4.69) is 47.4 Å². The summed E-state index contributed by atoms with van der Waals surface area (Å²) in [6.07, 6.45) is 10.5. The average molecular weight is 310 g/mol. The number of rotatable bonds is 4. The third-order valence-corrected chi connectivity index (χ3v) is 5.90. The average Bonchev–Trinajstić information content (AvgIpc) is 3.32. The fraction of sp³-hybridized carbons (Fsp3) is 0.550. The number of carbonyl (C=O) groups is 1. The van der Waals surface area contributed by atoms with Gasteiger partial charge in [0, 0.05) is 42.0 Å². The maximum absolute atomic E-state index is 12.5. The van der Waals surface area contributed by atoms with E-state index in [1.165, 1.54) is 48.6 Å². The molecule has 0 bridgehead atoms. The lowest BCUT2D eigenvalue weighted by Gasteiger charge is -2.23. The molecule has 1 N–H and O–H groups in total. The van der Waals surface area contributed by atoms with Crippen molar-refractivity contribution < 1.29 is 4.79 Å². The summed E-state index contributed by atoms with van der Waals surface area (Å²) < 4.78 is 2.22. The van der Waals surface area contributed by atoms with Crippen molar-refractivity contribution >= 4 is 16.8 Å². The van der Waals surface area contributed by atoms with E-state index in [1.807, 2.05) is 0 Å². The van der Waals surface area contributed by atoms with Gasteiger partial charge in [-0.15, -0.1) is 0 Å². The number of hydrogen-bond donors (Lipinski definition) is 1. The van der Waals surface area contributed by atoms with E-state index >= 15 is 0 Å². The van der Waals surface area contributed by atoms with E-state index in [0.29, 0.717) is 0 Å². The third-order valence-electron chi connectivity index (χ3n) is 5.90. The Hall–Kier alpha value is -1.77. The van der Waals surface area contributed by atoms with Gasteiger partial charge in [0.25, 0.3) is 0 Å². The zero-order valence-corrected chi connectivity index (χ0v) is 14.0. The van der Waals surface area contributed by atoms with Crippen LogP contribution in [0.1, 0.15) is 50.5 Å². The van der Waals surface area contributed by atoms with Crippen molar-refractivity contribution in [3.05, 3.63) is 36.0 Å². The van der Waals surface area contributed by atoms with E-state index < -0.39 is 0 Å². The molecule has 1 aromatic heterocycles. The lowest BCUT2D eigenvalue weighted by atomic mass is 9.88. The van der Waals surface area contributed by atoms with Gasteiger partial charge in [0.05, 0.1) is 0 Å². The lowest BCUT2D eigenvalue weighted by molar-refractivity contribution is -0.126. The van der Waals surface area contributed by atoms with Gasteiger partial charge >= 0.3 is 0 Å². The molecule has 4 rings (SSSR count). The molecule has 0 aliphatic heterocycles. The van der Waals surface area contributed by atoms with Crippen LogP contribution in [0.2, 0.25) is 0 Å². The Morgan fingerprint density at radius 3 is 2.70 bits per heavy atom. The number of hydrogen-bond acceptors (Lipinski definition) is 1. The maximum Gasteiger partial charge on any atom is 0.223 e. The van der Waals surface area contributed by atoms with Crippen LogP contribution in [0, 0.1) is 5.92 Å². The summed E-state index contributed by atoms with van der Waals surface area (Å²) in [6, 6.07) is 8.60. The minimum atomic E-state index is 0.172. The molecular formula is C20H26N2O. The Morgan fingerprint density at radius 2 is 1.96 bits per heavy atom. The summed E-state index contributed by atoms with van der Waals surface area (Å²) in [7, 11) is 2.11. The predicted molar refractivity (Wildman–Crippen MR) is 93.4 cm³/mol. The number of aromatic nitrogens is 1. The van der Waals surface area contributed by atoms with Crippen molar-refractivity contribution in [2.75, 3.05) is 6.54 Å². The Labute approximate surface area is 138 Å². The van der Waals surface area contributed by atoms with Crippen LogP contribution in [-0.4, -0.2) is 17.0 Å². The number of nitrogens with zero attached hydrogens (tertiary/aromatic N) is 1. The van der Waals surface area contributed by atoms with Crippen LogP contribution in [0.3, 0.4) is 0 Å². The first-order valence-electron chi connectivity index (χ1n) is 9.02. The van der Waals surface area contributed by atoms with E-state index in [9.17, 15) is 4.79 Å². The predicted octanol–water partition coefficient (Wildman–Crippen LogP) is 3.91. The van der Waals surface area contributed by atoms with Crippen LogP contribution in [0.4, 0.5) is 0 Å². The normalized spacial score (nSPS) is 20.6. The molecule has 2 fully saturated rings. The van der Waals surface area contributed by atoms with Crippen molar-refractivity contribution in [1.29, 1.82) is 0 Å². The fourth-order valence-corrected chi connectivity index (χ4v) is 4.22. The first-order chi connectivity index (χ1) is 11.2. The highest BCUT2D eigenvalue weighted by Crippen LogP contribution is 2.50. The molecule has 122 valence electrons. The summed E-state index contributed by atoms with van der Waals surface area (Å²) in [5.41, 5.74) is 2.87. The molecule has 3 nitrogen and oxygen atoms in total. The van der Waals surface area contributed by atoms with Crippen molar-refractivity contribution in [3.63, 3.8) is 0 Å². The molecule has 0 atom stereocenters. The van der Waals surface area contributed by atoms with Gasteiger partial charge in [-0.05, 0) is 37.3 Å². The standard InChI is InChI=1S/C20H26N2O/c1-22-13-17(16-9-5-6-10-18(16)22)20(11-12-20)14-21-19(23)15-7-3-2-4-8-15/h5-6,9-10,13,15H,2-4,7-8,11-12,14H2,1H3,(H,21,23). The van der Waals surface area contributed by atoms with Gasteiger partial charge in [-0.2, -0.15) is 0 Å². The van der Waals surface area contributed by atoms with Crippen LogP contribution >= 0.6 is 0 Å². The van der Waals surface area contributed by atoms with Crippen LogP contribution in [0.25, 0.3) is 10.9 Å². The molecule has 1 heterocycles. The molecule has 0 unspecified atom stereocenters. The largest absolute Gasteiger partial charge is 0.355 e. The molecule has 2 aliphatic rings. The van der Waals surface area contributed by atoms with Crippen LogP contribution < -0.4 is 5.32 Å². The molecule has 3 heteroatoms. The topological polar surface area (TPSA) is 34.0 Å². The first kappa shape index (κ1) is 14.8. The summed E-state index contributed by atoms with van der Waals surface area (Å²) in [4.78, 5) is 12.5. The summed E-state index contributed by atoms with van der Waals surface area (Å²) in [5.74, 6) is 0.545. The highest BCUT2D eigenvalue weighted by Gasteiger charge is 2.46. The summed E-state index contributed by atoms with van der Waals surface area (Å²) >= 11 is 0. The van der Waals surface area contributed by atoms with Gasteiger partial charge in [0.1, 0.15) is 0 Å².